The summed E-state index contributed by atoms with van der Waals surface area (Å²) in [7, 11) is 0. The Bertz CT molecular complexity index is 716. The molecule has 1 atom stereocenters. The van der Waals surface area contributed by atoms with Gasteiger partial charge in [0.1, 0.15) is 5.75 Å². The Morgan fingerprint density at radius 3 is 2.57 bits per heavy atom. The van der Waals surface area contributed by atoms with Crippen molar-refractivity contribution in [1.82, 2.24) is 0 Å². The molecule has 2 aromatic carbocycles. The van der Waals surface area contributed by atoms with Gasteiger partial charge >= 0.3 is 0 Å². The van der Waals surface area contributed by atoms with Crippen LogP contribution in [0.15, 0.2) is 36.4 Å². The molecule has 0 aliphatic rings. The number of hydrogen-bond acceptors (Lipinski definition) is 2. The van der Waals surface area contributed by atoms with Gasteiger partial charge < -0.3 is 10.1 Å². The minimum Gasteiger partial charge on any atom is -0.480 e. The van der Waals surface area contributed by atoms with E-state index in [1.54, 1.807) is 18.2 Å². The average molecular weight is 352 g/mol. The maximum absolute atomic E-state index is 12.5. The first-order chi connectivity index (χ1) is 10.9. The van der Waals surface area contributed by atoms with E-state index in [0.29, 0.717) is 27.9 Å². The summed E-state index contributed by atoms with van der Waals surface area (Å²) in [5.74, 6) is 0.479. The maximum atomic E-state index is 12.5. The summed E-state index contributed by atoms with van der Waals surface area (Å²) in [6.45, 7) is 5.84. The van der Waals surface area contributed by atoms with E-state index in [2.05, 4.69) is 5.32 Å². The topological polar surface area (TPSA) is 38.3 Å². The molecule has 0 saturated carbocycles. The number of carbonyl (C=O) groups is 1. The van der Waals surface area contributed by atoms with E-state index >= 15 is 0 Å². The fourth-order valence-electron chi connectivity index (χ4n) is 2.11. The zero-order valence-electron chi connectivity index (χ0n) is 13.3. The molecule has 0 aliphatic heterocycles. The van der Waals surface area contributed by atoms with E-state index in [4.69, 9.17) is 27.9 Å². The summed E-state index contributed by atoms with van der Waals surface area (Å²) in [4.78, 5) is 12.5. The van der Waals surface area contributed by atoms with E-state index < -0.39 is 6.10 Å². The van der Waals surface area contributed by atoms with Gasteiger partial charge in [0.2, 0.25) is 0 Å². The van der Waals surface area contributed by atoms with Gasteiger partial charge in [-0.3, -0.25) is 4.79 Å². The highest BCUT2D eigenvalue weighted by atomic mass is 35.5. The Morgan fingerprint density at radius 2 is 1.91 bits per heavy atom. The van der Waals surface area contributed by atoms with Crippen molar-refractivity contribution in [1.29, 1.82) is 0 Å². The predicted octanol–water partition coefficient (Wildman–Crippen LogP) is 5.41. The lowest BCUT2D eigenvalue weighted by molar-refractivity contribution is -0.122. The second-order valence-corrected chi connectivity index (χ2v) is 6.24. The zero-order valence-corrected chi connectivity index (χ0v) is 14.8. The molecule has 0 unspecified atom stereocenters. The lowest BCUT2D eigenvalue weighted by atomic mass is 10.1. The average Bonchev–Trinajstić information content (AvgIpc) is 2.50. The summed E-state index contributed by atoms with van der Waals surface area (Å²) < 4.78 is 5.89. The minimum absolute atomic E-state index is 0.238. The molecule has 1 amide bonds. The van der Waals surface area contributed by atoms with E-state index in [1.165, 1.54) is 0 Å². The summed E-state index contributed by atoms with van der Waals surface area (Å²) in [6.07, 6.45) is -0.0491. The number of amides is 1. The molecular weight excluding hydrogens is 333 g/mol. The van der Waals surface area contributed by atoms with Crippen molar-refractivity contribution in [2.24, 2.45) is 0 Å². The van der Waals surface area contributed by atoms with Gasteiger partial charge in [-0.05, 0) is 55.7 Å². The van der Waals surface area contributed by atoms with Gasteiger partial charge in [0.25, 0.3) is 5.91 Å². The normalized spacial score (nSPS) is 11.9. The van der Waals surface area contributed by atoms with Crippen LogP contribution in [-0.4, -0.2) is 12.0 Å². The van der Waals surface area contributed by atoms with Crippen LogP contribution in [0.1, 0.15) is 24.5 Å². The number of ether oxygens (including phenoxy) is 1. The fraction of sp³-hybridized carbons (Fsp3) is 0.278. The van der Waals surface area contributed by atoms with Crippen molar-refractivity contribution in [3.8, 4) is 5.75 Å². The second-order valence-electron chi connectivity index (χ2n) is 5.40. The first kappa shape index (κ1) is 17.6. The molecule has 1 N–H and O–H groups in total. The minimum atomic E-state index is -0.595. The Kier molecular flexibility index (Phi) is 5.91. The third-order valence-corrected chi connectivity index (χ3v) is 4.01. The number of nitrogens with one attached hydrogen (secondary N) is 1. The van der Waals surface area contributed by atoms with Gasteiger partial charge in [0, 0.05) is 5.02 Å². The molecular formula is C18H19Cl2NO2. The third-order valence-electron chi connectivity index (χ3n) is 3.47. The Hall–Kier alpha value is -1.71. The van der Waals surface area contributed by atoms with Crippen LogP contribution in [-0.2, 0) is 4.79 Å². The van der Waals surface area contributed by atoms with Crippen molar-refractivity contribution in [2.45, 2.75) is 33.3 Å². The number of halogens is 2. The van der Waals surface area contributed by atoms with Crippen molar-refractivity contribution >= 4 is 34.8 Å². The zero-order chi connectivity index (χ0) is 17.0. The fourth-order valence-corrected chi connectivity index (χ4v) is 2.57. The van der Waals surface area contributed by atoms with Gasteiger partial charge in [0.15, 0.2) is 6.10 Å². The van der Waals surface area contributed by atoms with Crippen LogP contribution >= 0.6 is 23.2 Å². The smallest absolute Gasteiger partial charge is 0.265 e. The van der Waals surface area contributed by atoms with E-state index in [0.717, 1.165) is 11.1 Å². The second kappa shape index (κ2) is 7.71. The molecule has 0 radical (unpaired) electrons. The van der Waals surface area contributed by atoms with Crippen LogP contribution in [0, 0.1) is 13.8 Å². The monoisotopic (exact) mass is 351 g/mol. The van der Waals surface area contributed by atoms with Crippen LogP contribution < -0.4 is 10.1 Å². The van der Waals surface area contributed by atoms with Crippen molar-refractivity contribution < 1.29 is 9.53 Å². The standard InChI is InChI=1S/C18H19Cl2NO2/c1-4-16(23-17-9-11(2)5-6-12(17)3)18(22)21-15-8-7-13(19)10-14(15)20/h5-10,16H,4H2,1-3H3,(H,21,22)/t16-/m1/s1. The number of aryl methyl sites for hydroxylation is 2. The highest BCUT2D eigenvalue weighted by Crippen LogP contribution is 2.26. The molecule has 0 spiro atoms. The van der Waals surface area contributed by atoms with Crippen molar-refractivity contribution in [3.05, 3.63) is 57.6 Å². The summed E-state index contributed by atoms with van der Waals surface area (Å²) in [5, 5.41) is 3.70. The molecule has 0 fully saturated rings. The number of anilines is 1. The maximum Gasteiger partial charge on any atom is 0.265 e. The van der Waals surface area contributed by atoms with E-state index in [-0.39, 0.29) is 5.91 Å². The van der Waals surface area contributed by atoms with Gasteiger partial charge in [-0.1, -0.05) is 42.3 Å². The molecule has 0 aliphatic carbocycles. The van der Waals surface area contributed by atoms with Crippen LogP contribution in [0.5, 0.6) is 5.75 Å². The van der Waals surface area contributed by atoms with Gasteiger partial charge in [-0.2, -0.15) is 0 Å². The lowest BCUT2D eigenvalue weighted by Gasteiger charge is -2.19. The molecule has 0 bridgehead atoms. The highest BCUT2D eigenvalue weighted by Gasteiger charge is 2.20. The van der Waals surface area contributed by atoms with Crippen molar-refractivity contribution in [2.75, 3.05) is 5.32 Å². The van der Waals surface area contributed by atoms with Crippen LogP contribution in [0.2, 0.25) is 10.0 Å². The van der Waals surface area contributed by atoms with Crippen LogP contribution in [0.3, 0.4) is 0 Å². The number of hydrogen-bond donors (Lipinski definition) is 1. The molecule has 122 valence electrons. The first-order valence-corrected chi connectivity index (χ1v) is 8.16. The Labute approximate surface area is 146 Å². The lowest BCUT2D eigenvalue weighted by Crippen LogP contribution is -2.32. The van der Waals surface area contributed by atoms with E-state index in [9.17, 15) is 4.79 Å². The number of rotatable bonds is 5. The third kappa shape index (κ3) is 4.63. The molecule has 0 saturated heterocycles. The van der Waals surface area contributed by atoms with Crippen LogP contribution in [0.25, 0.3) is 0 Å². The van der Waals surface area contributed by atoms with Gasteiger partial charge in [0.05, 0.1) is 10.7 Å². The number of carbonyl (C=O) groups excluding carboxylic acids is 1. The van der Waals surface area contributed by atoms with Gasteiger partial charge in [-0.25, -0.2) is 0 Å². The molecule has 0 heterocycles. The summed E-state index contributed by atoms with van der Waals surface area (Å²) in [6, 6.07) is 10.9. The Morgan fingerprint density at radius 1 is 1.17 bits per heavy atom. The summed E-state index contributed by atoms with van der Waals surface area (Å²) in [5.41, 5.74) is 2.59. The predicted molar refractivity (Wildman–Crippen MR) is 95.7 cm³/mol. The summed E-state index contributed by atoms with van der Waals surface area (Å²) >= 11 is 11.9. The molecule has 0 aromatic heterocycles. The highest BCUT2D eigenvalue weighted by molar-refractivity contribution is 6.36. The Balaban J connectivity index is 2.13. The SMILES string of the molecule is CC[C@@H](Oc1cc(C)ccc1C)C(=O)Nc1ccc(Cl)cc1Cl. The largest absolute Gasteiger partial charge is 0.480 e. The molecule has 2 rings (SSSR count). The van der Waals surface area contributed by atoms with Crippen LogP contribution in [0.4, 0.5) is 5.69 Å². The molecule has 23 heavy (non-hydrogen) atoms. The first-order valence-electron chi connectivity index (χ1n) is 7.40. The van der Waals surface area contributed by atoms with Crippen molar-refractivity contribution in [3.63, 3.8) is 0 Å². The molecule has 5 heteroatoms. The number of benzene rings is 2. The molecule has 3 nitrogen and oxygen atoms in total. The quantitative estimate of drug-likeness (QED) is 0.782. The van der Waals surface area contributed by atoms with Gasteiger partial charge in [-0.15, -0.1) is 0 Å². The molecule has 2 aromatic rings. The van der Waals surface area contributed by atoms with E-state index in [1.807, 2.05) is 39.0 Å².